The first-order chi connectivity index (χ1) is 12.5. The van der Waals surface area contributed by atoms with E-state index in [1.165, 1.54) is 18.1 Å². The summed E-state index contributed by atoms with van der Waals surface area (Å²) in [5.41, 5.74) is 4.63. The van der Waals surface area contributed by atoms with Gasteiger partial charge in [-0.05, 0) is 61.4 Å². The average molecular weight is 374 g/mol. The van der Waals surface area contributed by atoms with Crippen molar-refractivity contribution < 1.29 is 13.2 Å². The quantitative estimate of drug-likeness (QED) is 0.712. The Hall–Kier alpha value is -2.19. The number of nitrogens with one attached hydrogen (secondary N) is 3. The van der Waals surface area contributed by atoms with Gasteiger partial charge in [0.25, 0.3) is 0 Å². The van der Waals surface area contributed by atoms with Gasteiger partial charge < -0.3 is 5.32 Å². The van der Waals surface area contributed by atoms with Crippen LogP contribution in [0.25, 0.3) is 0 Å². The van der Waals surface area contributed by atoms with Gasteiger partial charge in [0.1, 0.15) is 0 Å². The van der Waals surface area contributed by atoms with Gasteiger partial charge in [0, 0.05) is 17.8 Å². The lowest BCUT2D eigenvalue weighted by Crippen LogP contribution is -2.25. The molecule has 0 saturated heterocycles. The van der Waals surface area contributed by atoms with Crippen LogP contribution in [0, 0.1) is 0 Å². The summed E-state index contributed by atoms with van der Waals surface area (Å²) in [6.07, 6.45) is 6.31. The summed E-state index contributed by atoms with van der Waals surface area (Å²) in [4.78, 5) is 11.6. The summed E-state index contributed by atoms with van der Waals surface area (Å²) in [5.74, 6) is -0.0366. The number of sulfonamides is 1. The largest absolute Gasteiger partial charge is 0.326 e. The Morgan fingerprint density at radius 1 is 1.08 bits per heavy atom. The highest BCUT2D eigenvalue weighted by Gasteiger charge is 2.21. The molecule has 0 fully saturated rings. The van der Waals surface area contributed by atoms with Gasteiger partial charge in [-0.3, -0.25) is 9.89 Å². The van der Waals surface area contributed by atoms with E-state index in [1.807, 2.05) is 0 Å². The van der Waals surface area contributed by atoms with Crippen LogP contribution in [0.3, 0.4) is 0 Å². The Morgan fingerprint density at radius 2 is 1.92 bits per heavy atom. The van der Waals surface area contributed by atoms with Crippen molar-refractivity contribution in [1.29, 1.82) is 0 Å². The number of nitrogens with zero attached hydrogens (tertiary/aromatic N) is 1. The summed E-state index contributed by atoms with van der Waals surface area (Å²) < 4.78 is 28.0. The Kier molecular flexibility index (Phi) is 4.54. The van der Waals surface area contributed by atoms with Gasteiger partial charge in [0.2, 0.25) is 15.9 Å². The van der Waals surface area contributed by atoms with Crippen LogP contribution < -0.4 is 10.0 Å². The topological polar surface area (TPSA) is 104 Å². The number of aryl methyl sites for hydroxylation is 2. The molecule has 1 aromatic carbocycles. The minimum atomic E-state index is -3.64. The predicted octanol–water partition coefficient (Wildman–Crippen LogP) is 2.04. The lowest BCUT2D eigenvalue weighted by molar-refractivity contribution is -0.116. The molecule has 1 amide bonds. The van der Waals surface area contributed by atoms with Crippen LogP contribution in [-0.2, 0) is 40.6 Å². The molecular formula is C18H22N4O3S. The molecule has 3 N–H and O–H groups in total. The maximum atomic E-state index is 12.7. The van der Waals surface area contributed by atoms with Crippen LogP contribution >= 0.6 is 0 Å². The normalized spacial score (nSPS) is 17.2. The fraction of sp³-hybridized carbons (Fsp3) is 0.444. The number of hydrogen-bond acceptors (Lipinski definition) is 4. The second kappa shape index (κ2) is 6.85. The highest BCUT2D eigenvalue weighted by molar-refractivity contribution is 7.89. The van der Waals surface area contributed by atoms with E-state index in [4.69, 9.17) is 0 Å². The van der Waals surface area contributed by atoms with E-state index in [0.717, 1.165) is 42.6 Å². The van der Waals surface area contributed by atoms with Crippen LogP contribution in [-0.4, -0.2) is 24.5 Å². The highest BCUT2D eigenvalue weighted by atomic mass is 32.2. The standard InChI is InChI=1S/C18H22N4O3S/c23-18-9-6-12-10-13(7-8-15(12)20-18)26(24,25)19-11-17-14-4-2-1-3-5-16(14)21-22-17/h7-8,10,19H,1-6,9,11H2,(H,20,23)(H,21,22). The van der Waals surface area contributed by atoms with Crippen LogP contribution in [0.1, 0.15) is 48.2 Å². The summed E-state index contributed by atoms with van der Waals surface area (Å²) in [5, 5.41) is 10.1. The number of benzene rings is 1. The van der Waals surface area contributed by atoms with Crippen molar-refractivity contribution >= 4 is 21.6 Å². The molecule has 1 aliphatic carbocycles. The molecule has 2 aromatic rings. The first-order valence-electron chi connectivity index (χ1n) is 9.00. The summed E-state index contributed by atoms with van der Waals surface area (Å²) in [6.45, 7) is 0.183. The van der Waals surface area contributed by atoms with Gasteiger partial charge in [0.15, 0.2) is 0 Å². The molecule has 0 unspecified atom stereocenters. The molecule has 0 saturated carbocycles. The molecule has 0 atom stereocenters. The number of carbonyl (C=O) groups is 1. The van der Waals surface area contributed by atoms with Crippen LogP contribution in [0.15, 0.2) is 23.1 Å². The molecule has 0 spiro atoms. The van der Waals surface area contributed by atoms with Gasteiger partial charge in [0.05, 0.1) is 17.1 Å². The molecule has 2 heterocycles. The molecule has 8 heteroatoms. The maximum absolute atomic E-state index is 12.7. The van der Waals surface area contributed by atoms with E-state index >= 15 is 0 Å². The Morgan fingerprint density at radius 3 is 2.81 bits per heavy atom. The van der Waals surface area contributed by atoms with Crippen molar-refractivity contribution in [3.05, 3.63) is 40.7 Å². The second-order valence-electron chi connectivity index (χ2n) is 6.88. The molecule has 138 valence electrons. The molecule has 0 radical (unpaired) electrons. The minimum absolute atomic E-state index is 0.0366. The molecule has 4 rings (SSSR count). The number of fused-ring (bicyclic) bond motifs is 2. The van der Waals surface area contributed by atoms with E-state index in [1.54, 1.807) is 12.1 Å². The van der Waals surface area contributed by atoms with E-state index in [9.17, 15) is 13.2 Å². The zero-order valence-electron chi connectivity index (χ0n) is 14.5. The van der Waals surface area contributed by atoms with Gasteiger partial charge >= 0.3 is 0 Å². The van der Waals surface area contributed by atoms with Crippen LogP contribution in [0.4, 0.5) is 5.69 Å². The number of H-pyrrole nitrogens is 1. The molecule has 0 bridgehead atoms. The van der Waals surface area contributed by atoms with Crippen LogP contribution in [0.2, 0.25) is 0 Å². The average Bonchev–Trinajstić information content (AvgIpc) is 2.86. The SMILES string of the molecule is O=C1CCc2cc(S(=O)(=O)NCc3n[nH]c4c3CCCCC4)ccc2N1. The molecule has 1 aliphatic heterocycles. The third-order valence-corrected chi connectivity index (χ3v) is 6.50. The maximum Gasteiger partial charge on any atom is 0.240 e. The highest BCUT2D eigenvalue weighted by Crippen LogP contribution is 2.26. The van der Waals surface area contributed by atoms with Crippen molar-refractivity contribution in [2.75, 3.05) is 5.32 Å². The minimum Gasteiger partial charge on any atom is -0.326 e. The number of aromatic amines is 1. The van der Waals surface area contributed by atoms with E-state index < -0.39 is 10.0 Å². The van der Waals surface area contributed by atoms with Crippen molar-refractivity contribution in [2.45, 2.75) is 56.4 Å². The summed E-state index contributed by atoms with van der Waals surface area (Å²) >= 11 is 0. The molecule has 26 heavy (non-hydrogen) atoms. The second-order valence-corrected chi connectivity index (χ2v) is 8.65. The fourth-order valence-electron chi connectivity index (χ4n) is 3.65. The molecule has 1 aromatic heterocycles. The molecule has 7 nitrogen and oxygen atoms in total. The van der Waals surface area contributed by atoms with E-state index in [0.29, 0.717) is 18.5 Å². The number of aromatic nitrogens is 2. The predicted molar refractivity (Wildman–Crippen MR) is 97.3 cm³/mol. The first-order valence-corrected chi connectivity index (χ1v) is 10.5. The molecule has 2 aliphatic rings. The Balaban J connectivity index is 1.51. The van der Waals surface area contributed by atoms with Crippen molar-refractivity contribution in [1.82, 2.24) is 14.9 Å². The number of hydrogen-bond donors (Lipinski definition) is 3. The summed E-state index contributed by atoms with van der Waals surface area (Å²) in [6, 6.07) is 4.82. The van der Waals surface area contributed by atoms with Crippen LogP contribution in [0.5, 0.6) is 0 Å². The van der Waals surface area contributed by atoms with Crippen molar-refractivity contribution in [3.63, 3.8) is 0 Å². The number of amides is 1. The lowest BCUT2D eigenvalue weighted by atomic mass is 10.0. The van der Waals surface area contributed by atoms with Gasteiger partial charge in [-0.25, -0.2) is 13.1 Å². The van der Waals surface area contributed by atoms with Gasteiger partial charge in [-0.1, -0.05) is 6.42 Å². The zero-order valence-corrected chi connectivity index (χ0v) is 15.3. The lowest BCUT2D eigenvalue weighted by Gasteiger charge is -2.17. The zero-order chi connectivity index (χ0) is 18.1. The van der Waals surface area contributed by atoms with Crippen molar-refractivity contribution in [3.8, 4) is 0 Å². The van der Waals surface area contributed by atoms with E-state index in [-0.39, 0.29) is 17.3 Å². The third-order valence-electron chi connectivity index (χ3n) is 5.10. The van der Waals surface area contributed by atoms with Gasteiger partial charge in [-0.2, -0.15) is 5.10 Å². The fourth-order valence-corrected chi connectivity index (χ4v) is 4.68. The monoisotopic (exact) mass is 374 g/mol. The third kappa shape index (κ3) is 3.39. The number of rotatable bonds is 4. The number of anilines is 1. The summed E-state index contributed by atoms with van der Waals surface area (Å²) in [7, 11) is -3.64. The number of carbonyl (C=O) groups excluding carboxylic acids is 1. The van der Waals surface area contributed by atoms with Gasteiger partial charge in [-0.15, -0.1) is 0 Å². The molecular weight excluding hydrogens is 352 g/mol. The first kappa shape index (κ1) is 17.2. The van der Waals surface area contributed by atoms with Crippen molar-refractivity contribution in [2.24, 2.45) is 0 Å². The Labute approximate surface area is 152 Å². The smallest absolute Gasteiger partial charge is 0.240 e. The van der Waals surface area contributed by atoms with E-state index in [2.05, 4.69) is 20.2 Å². The Bertz CT molecular complexity index is 949.